The fraction of sp³-hybridized carbons (Fsp3) is 0.286. The van der Waals surface area contributed by atoms with Crippen molar-refractivity contribution in [2.45, 2.75) is 32.1 Å². The standard InChI is InChI=1S/C21H21N3O2/c1-13-5-3-6-18-15(13)11-14(12-23-18)17-8-7-16(19(25)24-17)21(2)9-4-10-22-20(21)26/h3,5-8,11-12H,4,9-10H2,1-2H3,(H,22,26)(H,24,25)/t21-/m1/s1. The molecule has 0 spiro atoms. The van der Waals surface area contributed by atoms with E-state index >= 15 is 0 Å². The molecule has 3 aromatic rings. The van der Waals surface area contributed by atoms with Crippen LogP contribution in [0, 0.1) is 6.92 Å². The van der Waals surface area contributed by atoms with E-state index in [1.54, 1.807) is 12.3 Å². The number of hydrogen-bond donors (Lipinski definition) is 2. The summed E-state index contributed by atoms with van der Waals surface area (Å²) >= 11 is 0. The molecule has 1 aromatic carbocycles. The number of carbonyl (C=O) groups excluding carboxylic acids is 1. The second-order valence-corrected chi connectivity index (χ2v) is 7.17. The van der Waals surface area contributed by atoms with Gasteiger partial charge in [-0.05, 0) is 50.5 Å². The summed E-state index contributed by atoms with van der Waals surface area (Å²) in [6.07, 6.45) is 3.32. The van der Waals surface area contributed by atoms with E-state index in [4.69, 9.17) is 0 Å². The largest absolute Gasteiger partial charge is 0.355 e. The van der Waals surface area contributed by atoms with Crippen molar-refractivity contribution in [3.8, 4) is 11.3 Å². The lowest BCUT2D eigenvalue weighted by atomic mass is 9.76. The lowest BCUT2D eigenvalue weighted by Gasteiger charge is -2.32. The van der Waals surface area contributed by atoms with Gasteiger partial charge in [0.25, 0.3) is 5.56 Å². The number of fused-ring (bicyclic) bond motifs is 1. The quantitative estimate of drug-likeness (QED) is 0.748. The Hall–Kier alpha value is -2.95. The molecule has 5 heteroatoms. The zero-order valence-electron chi connectivity index (χ0n) is 14.9. The first-order chi connectivity index (χ1) is 12.5. The van der Waals surface area contributed by atoms with Crippen LogP contribution in [0.1, 0.15) is 30.9 Å². The lowest BCUT2D eigenvalue weighted by molar-refractivity contribution is -0.128. The van der Waals surface area contributed by atoms with Gasteiger partial charge >= 0.3 is 0 Å². The molecule has 0 aliphatic carbocycles. The highest BCUT2D eigenvalue weighted by molar-refractivity contribution is 5.88. The number of aromatic amines is 1. The van der Waals surface area contributed by atoms with Crippen LogP contribution < -0.4 is 10.9 Å². The third kappa shape index (κ3) is 2.60. The van der Waals surface area contributed by atoms with E-state index in [-0.39, 0.29) is 11.5 Å². The Kier molecular flexibility index (Phi) is 3.87. The number of benzene rings is 1. The molecule has 1 amide bonds. The van der Waals surface area contributed by atoms with Crippen LogP contribution in [-0.4, -0.2) is 22.4 Å². The van der Waals surface area contributed by atoms with Gasteiger partial charge in [-0.1, -0.05) is 18.2 Å². The molecule has 2 aromatic heterocycles. The summed E-state index contributed by atoms with van der Waals surface area (Å²) in [6, 6.07) is 11.7. The van der Waals surface area contributed by atoms with Gasteiger partial charge in [-0.3, -0.25) is 14.6 Å². The van der Waals surface area contributed by atoms with Crippen molar-refractivity contribution in [3.05, 3.63) is 64.1 Å². The van der Waals surface area contributed by atoms with Gasteiger partial charge in [0.15, 0.2) is 0 Å². The number of aryl methyl sites for hydroxylation is 1. The number of carbonyl (C=O) groups is 1. The molecule has 0 unspecified atom stereocenters. The summed E-state index contributed by atoms with van der Waals surface area (Å²) in [6.45, 7) is 4.56. The highest BCUT2D eigenvalue weighted by atomic mass is 16.2. The van der Waals surface area contributed by atoms with Gasteiger partial charge in [-0.15, -0.1) is 0 Å². The van der Waals surface area contributed by atoms with Gasteiger partial charge in [-0.2, -0.15) is 0 Å². The number of nitrogens with one attached hydrogen (secondary N) is 2. The maximum Gasteiger partial charge on any atom is 0.252 e. The van der Waals surface area contributed by atoms with Gasteiger partial charge in [0.2, 0.25) is 5.91 Å². The molecule has 2 N–H and O–H groups in total. The summed E-state index contributed by atoms with van der Waals surface area (Å²) in [5.41, 5.74) is 3.16. The highest BCUT2D eigenvalue weighted by Crippen LogP contribution is 2.30. The Balaban J connectivity index is 1.78. The summed E-state index contributed by atoms with van der Waals surface area (Å²) in [5.74, 6) is -0.0787. The lowest BCUT2D eigenvalue weighted by Crippen LogP contribution is -2.49. The first-order valence-electron chi connectivity index (χ1n) is 8.87. The fourth-order valence-electron chi connectivity index (χ4n) is 3.73. The topological polar surface area (TPSA) is 74.8 Å². The van der Waals surface area contributed by atoms with Crippen molar-refractivity contribution in [1.29, 1.82) is 0 Å². The first kappa shape index (κ1) is 16.5. The maximum absolute atomic E-state index is 12.7. The number of aromatic nitrogens is 2. The van der Waals surface area contributed by atoms with E-state index in [1.165, 1.54) is 0 Å². The van der Waals surface area contributed by atoms with Crippen LogP contribution in [0.15, 0.2) is 47.4 Å². The van der Waals surface area contributed by atoms with Crippen LogP contribution in [-0.2, 0) is 10.2 Å². The van der Waals surface area contributed by atoms with E-state index in [0.717, 1.165) is 28.5 Å². The van der Waals surface area contributed by atoms with E-state index in [2.05, 4.69) is 15.3 Å². The normalized spacial score (nSPS) is 20.2. The van der Waals surface area contributed by atoms with Crippen LogP contribution in [0.5, 0.6) is 0 Å². The van der Waals surface area contributed by atoms with E-state index < -0.39 is 5.41 Å². The van der Waals surface area contributed by atoms with Crippen LogP contribution in [0.2, 0.25) is 0 Å². The smallest absolute Gasteiger partial charge is 0.252 e. The average molecular weight is 347 g/mol. The number of amides is 1. The number of H-pyrrole nitrogens is 1. The minimum Gasteiger partial charge on any atom is -0.355 e. The summed E-state index contributed by atoms with van der Waals surface area (Å²) in [4.78, 5) is 32.5. The van der Waals surface area contributed by atoms with Crippen LogP contribution in [0.25, 0.3) is 22.2 Å². The Labute approximate surface area is 151 Å². The van der Waals surface area contributed by atoms with Gasteiger partial charge in [0.05, 0.1) is 10.9 Å². The predicted molar refractivity (Wildman–Crippen MR) is 102 cm³/mol. The molecular formula is C21H21N3O2. The molecule has 1 saturated heterocycles. The number of rotatable bonds is 2. The number of hydrogen-bond acceptors (Lipinski definition) is 3. The second-order valence-electron chi connectivity index (χ2n) is 7.17. The Bertz CT molecular complexity index is 1070. The molecule has 0 saturated carbocycles. The first-order valence-corrected chi connectivity index (χ1v) is 8.87. The fourth-order valence-corrected chi connectivity index (χ4v) is 3.73. The van der Waals surface area contributed by atoms with Gasteiger partial charge < -0.3 is 10.3 Å². The number of nitrogens with zero attached hydrogens (tertiary/aromatic N) is 1. The van der Waals surface area contributed by atoms with Crippen molar-refractivity contribution in [3.63, 3.8) is 0 Å². The highest BCUT2D eigenvalue weighted by Gasteiger charge is 2.39. The molecule has 1 fully saturated rings. The van der Waals surface area contributed by atoms with Crippen molar-refractivity contribution in [2.24, 2.45) is 0 Å². The molecule has 132 valence electrons. The summed E-state index contributed by atoms with van der Waals surface area (Å²) < 4.78 is 0. The minimum absolute atomic E-state index is 0.0787. The molecule has 3 heterocycles. The summed E-state index contributed by atoms with van der Waals surface area (Å²) in [5, 5.41) is 3.93. The predicted octanol–water partition coefficient (Wildman–Crippen LogP) is 3.07. The van der Waals surface area contributed by atoms with Crippen LogP contribution in [0.3, 0.4) is 0 Å². The molecule has 1 aliphatic heterocycles. The van der Waals surface area contributed by atoms with Gasteiger partial charge in [0, 0.05) is 34.9 Å². The monoisotopic (exact) mass is 347 g/mol. The van der Waals surface area contributed by atoms with E-state index in [9.17, 15) is 9.59 Å². The van der Waals surface area contributed by atoms with Gasteiger partial charge in [-0.25, -0.2) is 0 Å². The Morgan fingerprint density at radius 3 is 2.77 bits per heavy atom. The molecule has 0 radical (unpaired) electrons. The van der Waals surface area contributed by atoms with Crippen molar-refractivity contribution < 1.29 is 4.79 Å². The van der Waals surface area contributed by atoms with Crippen molar-refractivity contribution in [2.75, 3.05) is 6.54 Å². The maximum atomic E-state index is 12.7. The van der Waals surface area contributed by atoms with Crippen molar-refractivity contribution in [1.82, 2.24) is 15.3 Å². The zero-order valence-corrected chi connectivity index (χ0v) is 14.9. The van der Waals surface area contributed by atoms with Crippen LogP contribution >= 0.6 is 0 Å². The third-order valence-electron chi connectivity index (χ3n) is 5.40. The molecule has 5 nitrogen and oxygen atoms in total. The SMILES string of the molecule is Cc1cccc2ncc(-c3ccc([C@@]4(C)CCCNC4=O)c(=O)[nH]3)cc12. The van der Waals surface area contributed by atoms with E-state index in [0.29, 0.717) is 24.2 Å². The average Bonchev–Trinajstić information content (AvgIpc) is 2.64. The molecule has 0 bridgehead atoms. The molecular weight excluding hydrogens is 326 g/mol. The number of piperidine rings is 1. The van der Waals surface area contributed by atoms with Gasteiger partial charge in [0.1, 0.15) is 0 Å². The zero-order chi connectivity index (χ0) is 18.3. The molecule has 26 heavy (non-hydrogen) atoms. The third-order valence-corrected chi connectivity index (χ3v) is 5.40. The number of pyridine rings is 2. The van der Waals surface area contributed by atoms with Crippen molar-refractivity contribution >= 4 is 16.8 Å². The van der Waals surface area contributed by atoms with Crippen LogP contribution in [0.4, 0.5) is 0 Å². The minimum atomic E-state index is -0.775. The Morgan fingerprint density at radius 2 is 2.00 bits per heavy atom. The summed E-state index contributed by atoms with van der Waals surface area (Å²) in [7, 11) is 0. The molecule has 4 rings (SSSR count). The van der Waals surface area contributed by atoms with E-state index in [1.807, 2.05) is 44.2 Å². The molecule has 1 aliphatic rings. The Morgan fingerprint density at radius 1 is 1.15 bits per heavy atom. The second kappa shape index (κ2) is 6.09. The molecule has 1 atom stereocenters.